The van der Waals surface area contributed by atoms with E-state index in [4.69, 9.17) is 0 Å². The van der Waals surface area contributed by atoms with Crippen LogP contribution in [0.4, 0.5) is 0 Å². The van der Waals surface area contributed by atoms with Gasteiger partial charge >= 0.3 is 0 Å². The van der Waals surface area contributed by atoms with Crippen LogP contribution in [0.5, 0.6) is 0 Å². The molecule has 2 heteroatoms. The highest BCUT2D eigenvalue weighted by Crippen LogP contribution is 2.61. The lowest BCUT2D eigenvalue weighted by atomic mass is 9.69. The largest absolute Gasteiger partial charge is 0.358 e. The molecule has 2 aliphatic rings. The molecule has 1 fully saturated rings. The Morgan fingerprint density at radius 1 is 1.26 bits per heavy atom. The summed E-state index contributed by atoms with van der Waals surface area (Å²) < 4.78 is 0. The molecule has 1 heterocycles. The molecular weight excluding hydrogens is 250 g/mol. The fourth-order valence-electron chi connectivity index (χ4n) is 4.55. The molecule has 1 aromatic carbocycles. The Balaban J connectivity index is 2.00. The van der Waals surface area contributed by atoms with Crippen LogP contribution in [0.3, 0.4) is 0 Å². The maximum Gasteiger partial charge on any atom is 0.0459 e. The predicted octanol–water partition coefficient (Wildman–Crippen LogP) is 5.03. The number of H-pyrrole nitrogens is 1. The second kappa shape index (κ2) is 4.05. The molecule has 100 valence electrons. The van der Waals surface area contributed by atoms with Gasteiger partial charge in [-0.05, 0) is 36.6 Å². The third-order valence-electron chi connectivity index (χ3n) is 5.50. The molecule has 0 saturated heterocycles. The van der Waals surface area contributed by atoms with Gasteiger partial charge in [0, 0.05) is 27.3 Å². The number of aromatic nitrogens is 1. The van der Waals surface area contributed by atoms with Crippen molar-refractivity contribution in [2.75, 3.05) is 6.26 Å². The molecule has 3 atom stereocenters. The van der Waals surface area contributed by atoms with E-state index in [1.807, 2.05) is 0 Å². The molecule has 1 aromatic heterocycles. The average molecular weight is 271 g/mol. The Kier molecular flexibility index (Phi) is 2.54. The van der Waals surface area contributed by atoms with E-state index in [-0.39, 0.29) is 0 Å². The number of benzene rings is 1. The van der Waals surface area contributed by atoms with Crippen LogP contribution >= 0.6 is 11.8 Å². The zero-order valence-electron chi connectivity index (χ0n) is 11.7. The SMILES string of the molecule is CS[C@@H]1c2c([nH]c3ccccc23)[C@]2(C)CCCC[C@H]12. The first-order valence-electron chi connectivity index (χ1n) is 7.39. The number of para-hydroxylation sites is 1. The monoisotopic (exact) mass is 271 g/mol. The van der Waals surface area contributed by atoms with Gasteiger partial charge in [-0.2, -0.15) is 11.8 Å². The van der Waals surface area contributed by atoms with E-state index in [9.17, 15) is 0 Å². The fourth-order valence-corrected chi connectivity index (χ4v) is 5.79. The molecule has 0 unspecified atom stereocenters. The number of nitrogens with one attached hydrogen (secondary N) is 1. The second-order valence-corrected chi connectivity index (χ2v) is 7.36. The van der Waals surface area contributed by atoms with Gasteiger partial charge in [0.25, 0.3) is 0 Å². The predicted molar refractivity (Wildman–Crippen MR) is 83.9 cm³/mol. The van der Waals surface area contributed by atoms with E-state index in [1.165, 1.54) is 36.6 Å². The number of fused-ring (bicyclic) bond motifs is 5. The van der Waals surface area contributed by atoms with Crippen molar-refractivity contribution in [1.82, 2.24) is 4.98 Å². The summed E-state index contributed by atoms with van der Waals surface area (Å²) in [7, 11) is 0. The summed E-state index contributed by atoms with van der Waals surface area (Å²) in [6.07, 6.45) is 7.85. The first kappa shape index (κ1) is 11.9. The lowest BCUT2D eigenvalue weighted by Crippen LogP contribution is -2.32. The number of rotatable bonds is 1. The third kappa shape index (κ3) is 1.44. The van der Waals surface area contributed by atoms with Gasteiger partial charge in [0.1, 0.15) is 0 Å². The number of hydrogen-bond donors (Lipinski definition) is 1. The number of hydrogen-bond acceptors (Lipinski definition) is 1. The van der Waals surface area contributed by atoms with Crippen molar-refractivity contribution in [2.24, 2.45) is 5.92 Å². The molecule has 1 nitrogen and oxygen atoms in total. The second-order valence-electron chi connectivity index (χ2n) is 6.39. The normalized spacial score (nSPS) is 33.4. The molecule has 19 heavy (non-hydrogen) atoms. The Bertz CT molecular complexity index is 629. The third-order valence-corrected chi connectivity index (χ3v) is 6.57. The minimum atomic E-state index is 0.389. The highest BCUT2D eigenvalue weighted by Gasteiger charge is 2.51. The standard InChI is InChI=1S/C17H21NS/c1-17-10-6-5-8-12(17)15(19-2)14-11-7-3-4-9-13(11)18-16(14)17/h3-4,7,9,12,15,18H,5-6,8,10H2,1-2H3/t12-,15+,17-/m1/s1. The van der Waals surface area contributed by atoms with E-state index in [1.54, 1.807) is 11.3 Å². The summed E-state index contributed by atoms with van der Waals surface area (Å²) in [6.45, 7) is 2.50. The van der Waals surface area contributed by atoms with Crippen molar-refractivity contribution < 1.29 is 0 Å². The van der Waals surface area contributed by atoms with Crippen molar-refractivity contribution >= 4 is 22.7 Å². The Hall–Kier alpha value is -0.890. The van der Waals surface area contributed by atoms with Crippen LogP contribution in [0, 0.1) is 5.92 Å². The van der Waals surface area contributed by atoms with Crippen LogP contribution < -0.4 is 0 Å². The van der Waals surface area contributed by atoms with Crippen LogP contribution in [0.25, 0.3) is 10.9 Å². The summed E-state index contributed by atoms with van der Waals surface area (Å²) in [6, 6.07) is 8.85. The van der Waals surface area contributed by atoms with Gasteiger partial charge in [0.05, 0.1) is 0 Å². The van der Waals surface area contributed by atoms with E-state index < -0.39 is 0 Å². The zero-order valence-corrected chi connectivity index (χ0v) is 12.5. The minimum Gasteiger partial charge on any atom is -0.358 e. The lowest BCUT2D eigenvalue weighted by Gasteiger charge is -2.38. The zero-order chi connectivity index (χ0) is 13.0. The van der Waals surface area contributed by atoms with Crippen LogP contribution in [0.15, 0.2) is 24.3 Å². The molecule has 0 amide bonds. The quantitative estimate of drug-likeness (QED) is 0.769. The number of thioether (sulfide) groups is 1. The molecular formula is C17H21NS. The van der Waals surface area contributed by atoms with Gasteiger partial charge in [-0.15, -0.1) is 0 Å². The highest BCUT2D eigenvalue weighted by atomic mass is 32.2. The van der Waals surface area contributed by atoms with E-state index in [2.05, 4.69) is 54.2 Å². The van der Waals surface area contributed by atoms with Gasteiger partial charge in [-0.1, -0.05) is 38.0 Å². The smallest absolute Gasteiger partial charge is 0.0459 e. The molecule has 1 N–H and O–H groups in total. The molecule has 2 aromatic rings. The fraction of sp³-hybridized carbons (Fsp3) is 0.529. The molecule has 1 saturated carbocycles. The Morgan fingerprint density at radius 3 is 2.95 bits per heavy atom. The molecule has 0 bridgehead atoms. The van der Waals surface area contributed by atoms with Crippen LogP contribution in [0.1, 0.15) is 49.1 Å². The van der Waals surface area contributed by atoms with Crippen LogP contribution in [-0.4, -0.2) is 11.2 Å². The number of aromatic amines is 1. The van der Waals surface area contributed by atoms with Gasteiger partial charge in [0.15, 0.2) is 0 Å². The van der Waals surface area contributed by atoms with Gasteiger partial charge in [-0.25, -0.2) is 0 Å². The van der Waals surface area contributed by atoms with Crippen molar-refractivity contribution in [2.45, 2.75) is 43.3 Å². The van der Waals surface area contributed by atoms with Crippen molar-refractivity contribution in [1.29, 1.82) is 0 Å². The maximum absolute atomic E-state index is 3.77. The van der Waals surface area contributed by atoms with E-state index in [0.717, 1.165) is 5.92 Å². The van der Waals surface area contributed by atoms with Crippen LogP contribution in [0.2, 0.25) is 0 Å². The Morgan fingerprint density at radius 2 is 2.11 bits per heavy atom. The van der Waals surface area contributed by atoms with Crippen LogP contribution in [-0.2, 0) is 5.41 Å². The summed E-state index contributed by atoms with van der Waals surface area (Å²) in [4.78, 5) is 3.77. The Labute approximate surface area is 119 Å². The first-order valence-corrected chi connectivity index (χ1v) is 8.68. The van der Waals surface area contributed by atoms with Crippen molar-refractivity contribution in [3.63, 3.8) is 0 Å². The molecule has 4 rings (SSSR count). The maximum atomic E-state index is 3.77. The molecule has 2 aliphatic carbocycles. The van der Waals surface area contributed by atoms with E-state index >= 15 is 0 Å². The van der Waals surface area contributed by atoms with Gasteiger partial charge in [0.2, 0.25) is 0 Å². The molecule has 0 aliphatic heterocycles. The van der Waals surface area contributed by atoms with Gasteiger partial charge < -0.3 is 4.98 Å². The average Bonchev–Trinajstić information content (AvgIpc) is 2.92. The summed E-state index contributed by atoms with van der Waals surface area (Å²) in [5.74, 6) is 0.835. The first-order chi connectivity index (χ1) is 9.25. The summed E-state index contributed by atoms with van der Waals surface area (Å²) in [5, 5.41) is 2.16. The minimum absolute atomic E-state index is 0.389. The highest BCUT2D eigenvalue weighted by molar-refractivity contribution is 7.98. The van der Waals surface area contributed by atoms with Gasteiger partial charge in [-0.3, -0.25) is 0 Å². The summed E-state index contributed by atoms with van der Waals surface area (Å²) in [5.41, 5.74) is 4.90. The molecule has 0 spiro atoms. The summed E-state index contributed by atoms with van der Waals surface area (Å²) >= 11 is 2.06. The topological polar surface area (TPSA) is 15.8 Å². The van der Waals surface area contributed by atoms with Crippen molar-refractivity contribution in [3.8, 4) is 0 Å². The van der Waals surface area contributed by atoms with E-state index in [0.29, 0.717) is 10.7 Å². The van der Waals surface area contributed by atoms with Crippen molar-refractivity contribution in [3.05, 3.63) is 35.5 Å². The lowest BCUT2D eigenvalue weighted by molar-refractivity contribution is 0.219. The molecule has 0 radical (unpaired) electrons.